The van der Waals surface area contributed by atoms with Crippen LogP contribution in [0.15, 0.2) is 48.6 Å². The Morgan fingerprint density at radius 2 is 1.60 bits per heavy atom. The molecule has 0 N–H and O–H groups in total. The molecule has 2 aromatic rings. The van der Waals surface area contributed by atoms with Gasteiger partial charge < -0.3 is 0 Å². The minimum absolute atomic E-state index is 0.645. The molecule has 0 saturated carbocycles. The van der Waals surface area contributed by atoms with Crippen LogP contribution < -0.4 is 0 Å². The van der Waals surface area contributed by atoms with Gasteiger partial charge in [-0.15, -0.1) is 0 Å². The van der Waals surface area contributed by atoms with Gasteiger partial charge in [-0.05, 0) is 96.7 Å². The molecule has 0 aromatic heterocycles. The molecule has 2 atom stereocenters. The number of halogens is 1. The van der Waals surface area contributed by atoms with Gasteiger partial charge in [-0.25, -0.2) is 0 Å². The van der Waals surface area contributed by atoms with Crippen LogP contribution in [0.2, 0.25) is 5.02 Å². The molecule has 4 rings (SSSR count). The molecule has 1 heteroatoms. The molecule has 0 saturated heterocycles. The first-order valence-corrected chi connectivity index (χ1v) is 10.2. The normalized spacial score (nSPS) is 22.6. The first-order chi connectivity index (χ1) is 12.2. The summed E-state index contributed by atoms with van der Waals surface area (Å²) in [6, 6.07) is 13.3. The number of hydrogen-bond acceptors (Lipinski definition) is 0. The van der Waals surface area contributed by atoms with Crippen LogP contribution in [-0.2, 0) is 25.7 Å². The van der Waals surface area contributed by atoms with Gasteiger partial charge in [0.2, 0.25) is 0 Å². The summed E-state index contributed by atoms with van der Waals surface area (Å²) in [5.41, 5.74) is 8.01. The van der Waals surface area contributed by atoms with E-state index in [1.54, 1.807) is 22.3 Å². The summed E-state index contributed by atoms with van der Waals surface area (Å²) < 4.78 is 0. The van der Waals surface area contributed by atoms with Crippen molar-refractivity contribution < 1.29 is 0 Å². The number of allylic oxidation sites excluding steroid dienone is 2. The Balaban J connectivity index is 1.55. The monoisotopic (exact) mass is 350 g/mol. The highest BCUT2D eigenvalue weighted by molar-refractivity contribution is 6.30. The predicted molar refractivity (Wildman–Crippen MR) is 108 cm³/mol. The van der Waals surface area contributed by atoms with Gasteiger partial charge in [0.15, 0.2) is 0 Å². The Morgan fingerprint density at radius 1 is 0.920 bits per heavy atom. The van der Waals surface area contributed by atoms with E-state index in [0.29, 0.717) is 5.92 Å². The molecule has 0 heterocycles. The quantitative estimate of drug-likeness (QED) is 0.541. The molecule has 130 valence electrons. The van der Waals surface area contributed by atoms with E-state index in [9.17, 15) is 0 Å². The number of fused-ring (bicyclic) bond motifs is 3. The number of rotatable bonds is 3. The zero-order valence-electron chi connectivity index (χ0n) is 15.1. The summed E-state index contributed by atoms with van der Waals surface area (Å²) in [4.78, 5) is 0. The van der Waals surface area contributed by atoms with E-state index in [-0.39, 0.29) is 0 Å². The molecule has 0 bridgehead atoms. The largest absolute Gasteiger partial charge is 0.0885 e. The molecule has 2 unspecified atom stereocenters. The Morgan fingerprint density at radius 3 is 2.32 bits per heavy atom. The zero-order valence-corrected chi connectivity index (χ0v) is 15.9. The SMILES string of the molecule is CCC=CC1CCc2c(ccc3c2CCC(c2ccc(Cl)cc2)C3)C1. The van der Waals surface area contributed by atoms with E-state index in [1.165, 1.54) is 44.1 Å². The second-order valence-electron chi connectivity index (χ2n) is 7.67. The van der Waals surface area contributed by atoms with Crippen LogP contribution in [0.1, 0.15) is 59.9 Å². The van der Waals surface area contributed by atoms with Crippen LogP contribution in [0.5, 0.6) is 0 Å². The average Bonchev–Trinajstić information content (AvgIpc) is 2.66. The minimum Gasteiger partial charge on any atom is -0.0885 e. The highest BCUT2D eigenvalue weighted by Crippen LogP contribution is 2.38. The summed E-state index contributed by atoms with van der Waals surface area (Å²) >= 11 is 6.05. The number of hydrogen-bond donors (Lipinski definition) is 0. The summed E-state index contributed by atoms with van der Waals surface area (Å²) in [7, 11) is 0. The Hall–Kier alpha value is -1.53. The highest BCUT2D eigenvalue weighted by atomic mass is 35.5. The topological polar surface area (TPSA) is 0 Å². The van der Waals surface area contributed by atoms with Gasteiger partial charge in [-0.3, -0.25) is 0 Å². The van der Waals surface area contributed by atoms with E-state index >= 15 is 0 Å². The van der Waals surface area contributed by atoms with Gasteiger partial charge in [-0.2, -0.15) is 0 Å². The van der Waals surface area contributed by atoms with Gasteiger partial charge in [0, 0.05) is 5.02 Å². The van der Waals surface area contributed by atoms with Crippen molar-refractivity contribution in [3.8, 4) is 0 Å². The smallest absolute Gasteiger partial charge is 0.0406 e. The third-order valence-corrected chi connectivity index (χ3v) is 6.32. The van der Waals surface area contributed by atoms with E-state index in [4.69, 9.17) is 11.6 Å². The lowest BCUT2D eigenvalue weighted by molar-refractivity contribution is 0.533. The fraction of sp³-hybridized carbons (Fsp3) is 0.417. The molecule has 2 aliphatic carbocycles. The maximum atomic E-state index is 6.05. The van der Waals surface area contributed by atoms with Crippen LogP contribution in [-0.4, -0.2) is 0 Å². The van der Waals surface area contributed by atoms with Crippen molar-refractivity contribution in [1.29, 1.82) is 0 Å². The zero-order chi connectivity index (χ0) is 17.2. The molecule has 0 aliphatic heterocycles. The summed E-state index contributed by atoms with van der Waals surface area (Å²) in [5.74, 6) is 1.39. The van der Waals surface area contributed by atoms with E-state index in [0.717, 1.165) is 17.4 Å². The highest BCUT2D eigenvalue weighted by Gasteiger charge is 2.26. The summed E-state index contributed by atoms with van der Waals surface area (Å²) in [6.45, 7) is 2.22. The Kier molecular flexibility index (Phi) is 4.99. The van der Waals surface area contributed by atoms with Gasteiger partial charge >= 0.3 is 0 Å². The Labute approximate surface area is 156 Å². The first kappa shape index (κ1) is 16.9. The second-order valence-corrected chi connectivity index (χ2v) is 8.11. The van der Waals surface area contributed by atoms with Crippen molar-refractivity contribution in [2.24, 2.45) is 5.92 Å². The van der Waals surface area contributed by atoms with Crippen molar-refractivity contribution in [2.75, 3.05) is 0 Å². The van der Waals surface area contributed by atoms with Crippen LogP contribution >= 0.6 is 11.6 Å². The molecule has 0 spiro atoms. The average molecular weight is 351 g/mol. The molecular formula is C24H27Cl. The molecule has 25 heavy (non-hydrogen) atoms. The molecule has 2 aromatic carbocycles. The van der Waals surface area contributed by atoms with E-state index < -0.39 is 0 Å². The third kappa shape index (κ3) is 3.55. The summed E-state index contributed by atoms with van der Waals surface area (Å²) in [6.07, 6.45) is 13.4. The van der Waals surface area contributed by atoms with Crippen LogP contribution in [0, 0.1) is 5.92 Å². The molecule has 2 aliphatic rings. The fourth-order valence-electron chi connectivity index (χ4n) is 4.71. The van der Waals surface area contributed by atoms with Gasteiger partial charge in [-0.1, -0.05) is 54.9 Å². The van der Waals surface area contributed by atoms with E-state index in [1.807, 2.05) is 12.1 Å². The van der Waals surface area contributed by atoms with Gasteiger partial charge in [0.1, 0.15) is 0 Å². The standard InChI is InChI=1S/C24H27Cl/c1-2-3-4-17-5-13-23-20(15-17)6-7-21-16-19(10-14-24(21)23)18-8-11-22(25)12-9-18/h3-4,6-9,11-12,17,19H,2,5,10,13-16H2,1H3. The molecule has 0 fully saturated rings. The van der Waals surface area contributed by atoms with Crippen molar-refractivity contribution in [3.05, 3.63) is 81.4 Å². The predicted octanol–water partition coefficient (Wildman–Crippen LogP) is 6.68. The van der Waals surface area contributed by atoms with Crippen molar-refractivity contribution >= 4 is 11.6 Å². The lowest BCUT2D eigenvalue weighted by atomic mass is 9.74. The lowest BCUT2D eigenvalue weighted by Gasteiger charge is -2.31. The minimum atomic E-state index is 0.645. The molecule has 0 nitrogen and oxygen atoms in total. The fourth-order valence-corrected chi connectivity index (χ4v) is 4.83. The third-order valence-electron chi connectivity index (χ3n) is 6.07. The molecule has 0 amide bonds. The maximum absolute atomic E-state index is 6.05. The summed E-state index contributed by atoms with van der Waals surface area (Å²) in [5, 5.41) is 0.834. The van der Waals surface area contributed by atoms with Crippen LogP contribution in [0.4, 0.5) is 0 Å². The molecular weight excluding hydrogens is 324 g/mol. The molecule has 0 radical (unpaired) electrons. The van der Waals surface area contributed by atoms with Crippen molar-refractivity contribution in [2.45, 2.75) is 57.8 Å². The number of benzene rings is 2. The van der Waals surface area contributed by atoms with Crippen LogP contribution in [0.3, 0.4) is 0 Å². The maximum Gasteiger partial charge on any atom is 0.0406 e. The van der Waals surface area contributed by atoms with Gasteiger partial charge in [0.25, 0.3) is 0 Å². The first-order valence-electron chi connectivity index (χ1n) is 9.79. The van der Waals surface area contributed by atoms with Crippen molar-refractivity contribution in [3.63, 3.8) is 0 Å². The Bertz CT molecular complexity index is 769. The van der Waals surface area contributed by atoms with Crippen LogP contribution in [0.25, 0.3) is 0 Å². The second kappa shape index (κ2) is 7.38. The lowest BCUT2D eigenvalue weighted by Crippen LogP contribution is -2.20. The van der Waals surface area contributed by atoms with Crippen molar-refractivity contribution in [1.82, 2.24) is 0 Å². The van der Waals surface area contributed by atoms with Gasteiger partial charge in [0.05, 0.1) is 0 Å². The van der Waals surface area contributed by atoms with E-state index in [2.05, 4.69) is 43.3 Å².